The second-order valence-corrected chi connectivity index (χ2v) is 20.2. The highest BCUT2D eigenvalue weighted by Gasteiger charge is 2.41. The monoisotopic (exact) mass is 447 g/mol. The first-order chi connectivity index (χ1) is 12.9. The van der Waals surface area contributed by atoms with Crippen molar-refractivity contribution in [2.75, 3.05) is 20.3 Å². The first-order valence-corrected chi connectivity index (χ1v) is 16.2. The van der Waals surface area contributed by atoms with Gasteiger partial charge in [-0.25, -0.2) is 4.79 Å². The molecule has 0 unspecified atom stereocenters. The van der Waals surface area contributed by atoms with Gasteiger partial charge in [0.15, 0.2) is 16.6 Å². The Hall–Kier alpha value is -0.676. The Kier molecular flexibility index (Phi) is 10.8. The minimum absolute atomic E-state index is 0.0863. The molecule has 29 heavy (non-hydrogen) atoms. The van der Waals surface area contributed by atoms with E-state index in [4.69, 9.17) is 19.3 Å². The Balaban J connectivity index is 5.16. The van der Waals surface area contributed by atoms with Gasteiger partial charge in [0, 0.05) is 0 Å². The molecule has 0 radical (unpaired) electrons. The van der Waals surface area contributed by atoms with E-state index in [1.165, 1.54) is 7.11 Å². The molecule has 2 N–H and O–H groups in total. The standard InChI is InChI=1S/C21H45NO5Si2/c1-20(2,3)28(8,9)26-16-17(22)18(27-29(10,11)21(4,5)6)14-12-13-15-25-19(23)24-7/h12-13,17-18H,14-16,22H2,1-11H3/b13-12+/t17-,18+/m0/s1. The summed E-state index contributed by atoms with van der Waals surface area (Å²) < 4.78 is 22.3. The number of rotatable bonds is 10. The molecule has 0 aliphatic rings. The molecule has 0 saturated carbocycles. The summed E-state index contributed by atoms with van der Waals surface area (Å²) in [5.41, 5.74) is 6.56. The van der Waals surface area contributed by atoms with Gasteiger partial charge in [0.05, 0.1) is 25.9 Å². The fourth-order valence-electron chi connectivity index (χ4n) is 1.97. The third-order valence-corrected chi connectivity index (χ3v) is 15.2. The van der Waals surface area contributed by atoms with Crippen LogP contribution in [0.5, 0.6) is 0 Å². The lowest BCUT2D eigenvalue weighted by Gasteiger charge is -2.42. The molecule has 0 bridgehead atoms. The van der Waals surface area contributed by atoms with Crippen LogP contribution in [-0.2, 0) is 18.3 Å². The normalized spacial score (nSPS) is 16.0. The SMILES string of the molecule is COC(=O)OC/C=C/C[C@@H](O[Si](C)(C)C(C)(C)C)[C@@H](N)CO[Si](C)(C)C(C)(C)C. The minimum Gasteiger partial charge on any atom is -0.438 e. The minimum atomic E-state index is -2.00. The lowest BCUT2D eigenvalue weighted by molar-refractivity contribution is 0.0816. The maximum Gasteiger partial charge on any atom is 0.508 e. The van der Waals surface area contributed by atoms with Crippen LogP contribution in [0.1, 0.15) is 48.0 Å². The largest absolute Gasteiger partial charge is 0.508 e. The van der Waals surface area contributed by atoms with E-state index in [2.05, 4.69) is 72.5 Å². The van der Waals surface area contributed by atoms with Crippen molar-refractivity contribution >= 4 is 22.8 Å². The van der Waals surface area contributed by atoms with Gasteiger partial charge in [-0.3, -0.25) is 0 Å². The number of hydrogen-bond acceptors (Lipinski definition) is 6. The third kappa shape index (κ3) is 9.78. The Morgan fingerprint density at radius 1 is 0.966 bits per heavy atom. The fourth-order valence-corrected chi connectivity index (χ4v) is 4.39. The molecule has 172 valence electrons. The van der Waals surface area contributed by atoms with Gasteiger partial charge in [-0.1, -0.05) is 53.7 Å². The molecule has 0 saturated heterocycles. The summed E-state index contributed by atoms with van der Waals surface area (Å²) in [6.45, 7) is 22.9. The van der Waals surface area contributed by atoms with Crippen LogP contribution in [0.4, 0.5) is 4.79 Å². The van der Waals surface area contributed by atoms with E-state index < -0.39 is 22.8 Å². The number of methoxy groups -OCH3 is 1. The predicted octanol–water partition coefficient (Wildman–Crippen LogP) is 5.46. The Morgan fingerprint density at radius 2 is 1.48 bits per heavy atom. The molecular weight excluding hydrogens is 402 g/mol. The van der Waals surface area contributed by atoms with Crippen molar-refractivity contribution in [1.82, 2.24) is 0 Å². The molecule has 0 aromatic heterocycles. The van der Waals surface area contributed by atoms with Crippen LogP contribution >= 0.6 is 0 Å². The molecule has 8 heteroatoms. The lowest BCUT2D eigenvalue weighted by Crippen LogP contribution is -2.52. The first-order valence-electron chi connectivity index (χ1n) is 10.4. The van der Waals surface area contributed by atoms with Gasteiger partial charge < -0.3 is 24.1 Å². The van der Waals surface area contributed by atoms with Crippen LogP contribution < -0.4 is 5.73 Å². The van der Waals surface area contributed by atoms with Crippen LogP contribution in [0, 0.1) is 0 Å². The molecular formula is C21H45NO5Si2. The van der Waals surface area contributed by atoms with Crippen LogP contribution in [0.3, 0.4) is 0 Å². The Morgan fingerprint density at radius 3 is 1.93 bits per heavy atom. The molecule has 0 fully saturated rings. The second kappa shape index (κ2) is 11.1. The van der Waals surface area contributed by atoms with Gasteiger partial charge in [0.2, 0.25) is 0 Å². The smallest absolute Gasteiger partial charge is 0.438 e. The van der Waals surface area contributed by atoms with Crippen molar-refractivity contribution in [3.8, 4) is 0 Å². The van der Waals surface area contributed by atoms with E-state index in [-0.39, 0.29) is 28.8 Å². The van der Waals surface area contributed by atoms with E-state index in [0.717, 1.165) is 0 Å². The number of ether oxygens (including phenoxy) is 2. The highest BCUT2D eigenvalue weighted by molar-refractivity contribution is 6.74. The molecule has 0 aromatic rings. The van der Waals surface area contributed by atoms with E-state index in [1.54, 1.807) is 6.08 Å². The van der Waals surface area contributed by atoms with Crippen LogP contribution in [0.25, 0.3) is 0 Å². The summed E-state index contributed by atoms with van der Waals surface area (Å²) in [7, 11) is -2.59. The van der Waals surface area contributed by atoms with Gasteiger partial charge in [0.25, 0.3) is 0 Å². The molecule has 0 heterocycles. The zero-order valence-corrected chi connectivity index (χ0v) is 22.5. The third-order valence-electron chi connectivity index (χ3n) is 6.17. The van der Waals surface area contributed by atoms with Crippen molar-refractivity contribution < 1.29 is 23.1 Å². The molecule has 0 rings (SSSR count). The van der Waals surface area contributed by atoms with E-state index in [0.29, 0.717) is 13.0 Å². The van der Waals surface area contributed by atoms with Crippen molar-refractivity contribution in [3.63, 3.8) is 0 Å². The Labute approximate surface area is 180 Å². The van der Waals surface area contributed by atoms with Gasteiger partial charge in [-0.05, 0) is 42.7 Å². The van der Waals surface area contributed by atoms with Crippen molar-refractivity contribution in [2.45, 2.75) is 96.4 Å². The van der Waals surface area contributed by atoms with E-state index >= 15 is 0 Å². The summed E-state index contributed by atoms with van der Waals surface area (Å²) in [6, 6.07) is -0.232. The molecule has 0 aliphatic carbocycles. The van der Waals surface area contributed by atoms with Crippen molar-refractivity contribution in [2.24, 2.45) is 5.73 Å². The van der Waals surface area contributed by atoms with Gasteiger partial charge in [-0.15, -0.1) is 0 Å². The van der Waals surface area contributed by atoms with Crippen LogP contribution in [0.2, 0.25) is 36.3 Å². The molecule has 6 nitrogen and oxygen atoms in total. The zero-order chi connectivity index (χ0) is 23.1. The second-order valence-electron chi connectivity index (χ2n) is 10.6. The van der Waals surface area contributed by atoms with Crippen molar-refractivity contribution in [1.29, 1.82) is 0 Å². The molecule has 0 spiro atoms. The summed E-state index contributed by atoms with van der Waals surface area (Å²) in [5.74, 6) is 0. The number of carbonyl (C=O) groups excluding carboxylic acids is 1. The van der Waals surface area contributed by atoms with Crippen LogP contribution in [-0.4, -0.2) is 55.3 Å². The van der Waals surface area contributed by atoms with Gasteiger partial charge in [0.1, 0.15) is 6.61 Å². The number of carbonyl (C=O) groups is 1. The van der Waals surface area contributed by atoms with E-state index in [9.17, 15) is 4.79 Å². The Bertz CT molecular complexity index is 536. The fraction of sp³-hybridized carbons (Fsp3) is 0.857. The van der Waals surface area contributed by atoms with Gasteiger partial charge >= 0.3 is 6.16 Å². The molecule has 0 amide bonds. The molecule has 0 aromatic carbocycles. The average molecular weight is 448 g/mol. The van der Waals surface area contributed by atoms with Crippen LogP contribution in [0.15, 0.2) is 12.2 Å². The maximum absolute atomic E-state index is 11.0. The summed E-state index contributed by atoms with van der Waals surface area (Å²) in [4.78, 5) is 11.0. The van der Waals surface area contributed by atoms with E-state index in [1.807, 2.05) is 6.08 Å². The predicted molar refractivity (Wildman–Crippen MR) is 125 cm³/mol. The molecule has 2 atom stereocenters. The first kappa shape index (κ1) is 28.3. The number of hydrogen-bond donors (Lipinski definition) is 1. The topological polar surface area (TPSA) is 80.0 Å². The zero-order valence-electron chi connectivity index (χ0n) is 20.5. The highest BCUT2D eigenvalue weighted by atomic mass is 28.4. The van der Waals surface area contributed by atoms with Gasteiger partial charge in [-0.2, -0.15) is 0 Å². The van der Waals surface area contributed by atoms with Crippen molar-refractivity contribution in [3.05, 3.63) is 12.2 Å². The highest BCUT2D eigenvalue weighted by Crippen LogP contribution is 2.39. The summed E-state index contributed by atoms with van der Waals surface area (Å²) in [6.07, 6.45) is 3.53. The quantitative estimate of drug-likeness (QED) is 0.272. The lowest BCUT2D eigenvalue weighted by atomic mass is 10.1. The average Bonchev–Trinajstić information content (AvgIpc) is 2.55. The number of nitrogens with two attached hydrogens (primary N) is 1. The summed E-state index contributed by atoms with van der Waals surface area (Å²) in [5, 5.41) is 0.219. The maximum atomic E-state index is 11.0. The molecule has 0 aliphatic heterocycles. The summed E-state index contributed by atoms with van der Waals surface area (Å²) >= 11 is 0.